The Kier molecular flexibility index (Phi) is 7.95. The molecule has 0 saturated heterocycles. The summed E-state index contributed by atoms with van der Waals surface area (Å²) in [6.45, 7) is 0. The molecule has 0 fully saturated rings. The summed E-state index contributed by atoms with van der Waals surface area (Å²) in [6, 6.07) is 87.0. The van der Waals surface area contributed by atoms with Crippen LogP contribution in [-0.2, 0) is 10.8 Å². The maximum atomic E-state index is 9.24. The molecule has 11 aromatic rings. The van der Waals surface area contributed by atoms with E-state index in [-0.39, 0.29) is 29.9 Å². The van der Waals surface area contributed by atoms with Crippen LogP contribution in [0.3, 0.4) is 0 Å². The normalized spacial score (nSPS) is 16.0. The highest BCUT2D eigenvalue weighted by Crippen LogP contribution is 2.64. The number of fused-ring (bicyclic) bond motifs is 13. The van der Waals surface area contributed by atoms with Crippen LogP contribution in [0.25, 0.3) is 33.4 Å². The fourth-order valence-corrected chi connectivity index (χ4v) is 12.3. The third kappa shape index (κ3) is 5.68. The Morgan fingerprint density at radius 1 is 0.243 bits per heavy atom. The molecule has 1 atom stereocenters. The van der Waals surface area contributed by atoms with Crippen molar-refractivity contribution in [1.82, 2.24) is 0 Å². The zero-order valence-electron chi connectivity index (χ0n) is 43.1. The number of para-hydroxylation sites is 3. The molecule has 14 rings (SSSR count). The molecule has 0 aromatic heterocycles. The van der Waals surface area contributed by atoms with Gasteiger partial charge in [0.15, 0.2) is 0 Å². The van der Waals surface area contributed by atoms with Crippen molar-refractivity contribution in [3.63, 3.8) is 0 Å². The van der Waals surface area contributed by atoms with Crippen LogP contribution < -0.4 is 9.80 Å². The first-order valence-electron chi connectivity index (χ1n) is 26.4. The van der Waals surface area contributed by atoms with E-state index in [1.807, 2.05) is 41.3 Å². The lowest BCUT2D eigenvalue weighted by Crippen LogP contribution is -2.28. The van der Waals surface area contributed by atoms with Crippen LogP contribution >= 0.6 is 0 Å². The molecule has 2 heteroatoms. The van der Waals surface area contributed by atoms with Gasteiger partial charge in [0.05, 0.1) is 17.7 Å². The molecular formula is C68H46N2. The van der Waals surface area contributed by atoms with E-state index >= 15 is 0 Å². The highest BCUT2D eigenvalue weighted by atomic mass is 15.1. The van der Waals surface area contributed by atoms with Crippen molar-refractivity contribution in [3.05, 3.63) is 323 Å². The summed E-state index contributed by atoms with van der Waals surface area (Å²) >= 11 is 0. The highest BCUT2D eigenvalue weighted by Gasteiger charge is 2.52. The topological polar surface area (TPSA) is 6.48 Å². The van der Waals surface area contributed by atoms with Crippen molar-refractivity contribution in [1.29, 1.82) is 0 Å². The van der Waals surface area contributed by atoms with E-state index in [0.29, 0.717) is 11.4 Å². The molecule has 328 valence electrons. The maximum Gasteiger partial charge on any atom is 0.0727 e. The summed E-state index contributed by atoms with van der Waals surface area (Å²) in [7, 11) is 0. The molecule has 1 spiro atoms. The maximum absolute atomic E-state index is 9.24. The van der Waals surface area contributed by atoms with E-state index in [1.165, 1.54) is 33.4 Å². The van der Waals surface area contributed by atoms with Gasteiger partial charge in [0.2, 0.25) is 0 Å². The third-order valence-corrected chi connectivity index (χ3v) is 15.0. The standard InChI is InChI=1S/C68H46N2/c1-6-22-47(23-7-1)67(48-24-8-2-9-25-48)61-35-19-18-34-57(61)60-44-52(40-43-64(60)67)70(51-30-14-5-15-31-51)54-39-42-59-56-33-17-21-37-63(56)68(66(59)46-54)62-36-20-16-32-55(62)58-41-38-53(45-65(58)68)69(49-26-10-3-11-27-49)50-28-12-4-13-29-50/h1-46H/i3D,10D,11D,26D,27D. The summed E-state index contributed by atoms with van der Waals surface area (Å²) < 4.78 is 44.5. The molecule has 70 heavy (non-hydrogen) atoms. The van der Waals surface area contributed by atoms with Gasteiger partial charge in [0.25, 0.3) is 0 Å². The Morgan fingerprint density at radius 2 is 0.600 bits per heavy atom. The van der Waals surface area contributed by atoms with Crippen LogP contribution in [0.4, 0.5) is 34.1 Å². The second-order valence-corrected chi connectivity index (χ2v) is 18.4. The molecule has 3 aliphatic carbocycles. The first-order valence-corrected chi connectivity index (χ1v) is 23.9. The second-order valence-electron chi connectivity index (χ2n) is 18.4. The Balaban J connectivity index is 1.01. The third-order valence-electron chi connectivity index (χ3n) is 15.0. The molecule has 0 aliphatic heterocycles. The summed E-state index contributed by atoms with van der Waals surface area (Å²) in [5.41, 5.74) is 19.5. The van der Waals surface area contributed by atoms with E-state index in [9.17, 15) is 2.74 Å². The van der Waals surface area contributed by atoms with Crippen LogP contribution in [0.15, 0.2) is 279 Å². The van der Waals surface area contributed by atoms with E-state index in [2.05, 4.69) is 217 Å². The fourth-order valence-electron chi connectivity index (χ4n) is 12.3. The van der Waals surface area contributed by atoms with Gasteiger partial charge in [-0.3, -0.25) is 0 Å². The summed E-state index contributed by atoms with van der Waals surface area (Å²) in [5.74, 6) is 0. The van der Waals surface area contributed by atoms with Crippen molar-refractivity contribution in [3.8, 4) is 33.4 Å². The number of hydrogen-bond acceptors (Lipinski definition) is 2. The van der Waals surface area contributed by atoms with Crippen molar-refractivity contribution < 1.29 is 6.85 Å². The first kappa shape index (κ1) is 35.2. The van der Waals surface area contributed by atoms with Gasteiger partial charge in [-0.1, -0.05) is 206 Å². The van der Waals surface area contributed by atoms with Crippen molar-refractivity contribution >= 4 is 34.1 Å². The minimum Gasteiger partial charge on any atom is -0.310 e. The lowest BCUT2D eigenvalue weighted by Gasteiger charge is -2.34. The molecule has 0 N–H and O–H groups in total. The fraction of sp³-hybridized carbons (Fsp3) is 0.0294. The van der Waals surface area contributed by atoms with Gasteiger partial charge in [-0.15, -0.1) is 0 Å². The van der Waals surface area contributed by atoms with Gasteiger partial charge >= 0.3 is 0 Å². The Hall–Kier alpha value is -8.98. The van der Waals surface area contributed by atoms with E-state index in [4.69, 9.17) is 4.11 Å². The van der Waals surface area contributed by atoms with Gasteiger partial charge in [-0.2, -0.15) is 0 Å². The van der Waals surface area contributed by atoms with E-state index < -0.39 is 16.9 Å². The number of benzene rings is 11. The van der Waals surface area contributed by atoms with Gasteiger partial charge in [-0.05, 0) is 151 Å². The lowest BCUT2D eigenvalue weighted by molar-refractivity contribution is 0.768. The van der Waals surface area contributed by atoms with E-state index in [0.717, 1.165) is 61.6 Å². The van der Waals surface area contributed by atoms with E-state index in [1.54, 1.807) is 0 Å². The average molecular weight is 896 g/mol. The smallest absolute Gasteiger partial charge is 0.0727 e. The first-order chi connectivity index (χ1) is 36.8. The number of hydrogen-bond donors (Lipinski definition) is 0. The second kappa shape index (κ2) is 15.8. The predicted octanol–water partition coefficient (Wildman–Crippen LogP) is 17.3. The largest absolute Gasteiger partial charge is 0.310 e. The SMILES string of the molecule is [2H]c1c([2H])c([2H])c(N(c2ccccc2)c2ccc3c(c2)C2(c4ccccc4-c4ccc(N(c5ccccc5)c5ccc6c(c5)-c5ccccc5C6(c5ccccc5)c5ccccc5)cc42)c2ccccc2-3)c([2H])c1[2H]. The Morgan fingerprint density at radius 3 is 1.10 bits per heavy atom. The monoisotopic (exact) mass is 895 g/mol. The minimum absolute atomic E-state index is 0.0893. The highest BCUT2D eigenvalue weighted by molar-refractivity contribution is 5.98. The zero-order valence-corrected chi connectivity index (χ0v) is 38.1. The van der Waals surface area contributed by atoms with Gasteiger partial charge in [0.1, 0.15) is 0 Å². The van der Waals surface area contributed by atoms with Gasteiger partial charge in [0, 0.05) is 34.1 Å². The molecule has 0 radical (unpaired) electrons. The van der Waals surface area contributed by atoms with Crippen molar-refractivity contribution in [2.75, 3.05) is 9.80 Å². The summed E-state index contributed by atoms with van der Waals surface area (Å²) in [4.78, 5) is 4.21. The van der Waals surface area contributed by atoms with Gasteiger partial charge in [-0.25, -0.2) is 0 Å². The molecular weight excluding hydrogens is 845 g/mol. The van der Waals surface area contributed by atoms with Crippen LogP contribution in [0, 0.1) is 0 Å². The van der Waals surface area contributed by atoms with Crippen LogP contribution in [0.5, 0.6) is 0 Å². The summed E-state index contributed by atoms with van der Waals surface area (Å²) in [5, 5.41) is 0. The number of anilines is 6. The molecule has 2 nitrogen and oxygen atoms in total. The molecule has 11 aromatic carbocycles. The van der Waals surface area contributed by atoms with Crippen molar-refractivity contribution in [2.45, 2.75) is 10.8 Å². The lowest BCUT2D eigenvalue weighted by atomic mass is 9.68. The van der Waals surface area contributed by atoms with Crippen LogP contribution in [-0.4, -0.2) is 0 Å². The Bertz CT molecular complexity index is 4010. The predicted molar refractivity (Wildman–Crippen MR) is 289 cm³/mol. The number of nitrogens with zero attached hydrogens (tertiary/aromatic N) is 2. The number of rotatable bonds is 8. The summed E-state index contributed by atoms with van der Waals surface area (Å²) in [6.07, 6.45) is 0. The Labute approximate surface area is 416 Å². The molecule has 0 saturated carbocycles. The average Bonchev–Trinajstić information content (AvgIpc) is 4.27. The zero-order chi connectivity index (χ0) is 50.6. The van der Waals surface area contributed by atoms with Crippen LogP contribution in [0.2, 0.25) is 0 Å². The minimum atomic E-state index is -0.795. The molecule has 0 bridgehead atoms. The van der Waals surface area contributed by atoms with Gasteiger partial charge < -0.3 is 9.80 Å². The van der Waals surface area contributed by atoms with Crippen LogP contribution in [0.1, 0.15) is 51.4 Å². The molecule has 0 heterocycles. The molecule has 3 aliphatic rings. The van der Waals surface area contributed by atoms with Crippen molar-refractivity contribution in [2.24, 2.45) is 0 Å². The molecule has 0 amide bonds. The molecule has 1 unspecified atom stereocenters. The quantitative estimate of drug-likeness (QED) is 0.150.